The van der Waals surface area contributed by atoms with Crippen LogP contribution in [0.4, 0.5) is 39.3 Å². The van der Waals surface area contributed by atoms with Crippen molar-refractivity contribution in [1.29, 1.82) is 10.5 Å². The summed E-state index contributed by atoms with van der Waals surface area (Å²) in [7, 11) is 2.03. The number of fused-ring (bicyclic) bond motifs is 2. The number of hydrogen-bond acceptors (Lipinski definition) is 10. The normalized spacial score (nSPS) is 11.9. The third-order valence-electron chi connectivity index (χ3n) is 7.95. The first-order chi connectivity index (χ1) is 23.5. The number of azo groups is 2. The molecule has 0 saturated heterocycles. The van der Waals surface area contributed by atoms with Crippen LogP contribution in [-0.2, 0) is 0 Å². The molecule has 0 radical (unpaired) electrons. The predicted molar refractivity (Wildman–Crippen MR) is 195 cm³/mol. The van der Waals surface area contributed by atoms with E-state index in [-0.39, 0.29) is 5.57 Å². The number of hydrogen-bond donors (Lipinski definition) is 1. The first-order valence-corrected chi connectivity index (χ1v) is 16.2. The van der Waals surface area contributed by atoms with Gasteiger partial charge in [-0.2, -0.15) is 10.5 Å². The minimum absolute atomic E-state index is 0.0124. The highest BCUT2D eigenvalue weighted by atomic mass is 32.1. The molecule has 0 aliphatic heterocycles. The average Bonchev–Trinajstić information content (AvgIpc) is 3.59. The number of anilines is 3. The molecule has 234 valence electrons. The first kappa shape index (κ1) is 31.7. The second-order valence-corrected chi connectivity index (χ2v) is 12.1. The van der Waals surface area contributed by atoms with Crippen molar-refractivity contribution in [1.82, 2.24) is 4.98 Å². The Hall–Kier alpha value is -6.23. The van der Waals surface area contributed by atoms with Gasteiger partial charge in [-0.15, -0.1) is 20.5 Å². The average molecular weight is 646 g/mol. The maximum Gasteiger partial charge on any atom is 0.230 e. The Kier molecular flexibility index (Phi) is 9.56. The van der Waals surface area contributed by atoms with Crippen molar-refractivity contribution in [2.24, 2.45) is 20.5 Å². The molecule has 1 heterocycles. The van der Waals surface area contributed by atoms with Crippen LogP contribution in [0.25, 0.3) is 27.6 Å². The molecule has 1 unspecified atom stereocenters. The molecular formula is C38H31N9S. The van der Waals surface area contributed by atoms with E-state index in [2.05, 4.69) is 81.7 Å². The lowest BCUT2D eigenvalue weighted by Gasteiger charge is -2.22. The summed E-state index contributed by atoms with van der Waals surface area (Å²) in [6.07, 6.45) is 4.08. The number of nitrogens with zero attached hydrogens (tertiary/aromatic N) is 8. The molecule has 10 heteroatoms. The Morgan fingerprint density at radius 1 is 0.812 bits per heavy atom. The van der Waals surface area contributed by atoms with E-state index in [4.69, 9.17) is 20.8 Å². The molecule has 1 aromatic heterocycles. The monoisotopic (exact) mass is 645 g/mol. The summed E-state index contributed by atoms with van der Waals surface area (Å²) < 4.78 is 0. The molecule has 5 aromatic carbocycles. The highest BCUT2D eigenvalue weighted by molar-refractivity contribution is 7.16. The zero-order chi connectivity index (χ0) is 33.5. The van der Waals surface area contributed by atoms with E-state index >= 15 is 0 Å². The molecule has 1 atom stereocenters. The van der Waals surface area contributed by atoms with Crippen molar-refractivity contribution in [3.05, 3.63) is 114 Å². The van der Waals surface area contributed by atoms with E-state index in [0.29, 0.717) is 21.7 Å². The van der Waals surface area contributed by atoms with Crippen molar-refractivity contribution in [3.8, 4) is 12.1 Å². The first-order valence-electron chi connectivity index (χ1n) is 15.4. The molecule has 6 aromatic rings. The second-order valence-electron chi connectivity index (χ2n) is 11.1. The Morgan fingerprint density at radius 3 is 2.10 bits per heavy atom. The van der Waals surface area contributed by atoms with E-state index in [1.165, 1.54) is 17.4 Å². The molecule has 0 aliphatic carbocycles. The molecule has 6 rings (SSSR count). The molecule has 0 aliphatic rings. The Labute approximate surface area is 282 Å². The van der Waals surface area contributed by atoms with E-state index < -0.39 is 0 Å². The van der Waals surface area contributed by atoms with E-state index in [9.17, 15) is 0 Å². The van der Waals surface area contributed by atoms with Gasteiger partial charge in [0.2, 0.25) is 5.13 Å². The van der Waals surface area contributed by atoms with Crippen molar-refractivity contribution in [3.63, 3.8) is 0 Å². The highest BCUT2D eigenvalue weighted by Gasteiger charge is 2.12. The van der Waals surface area contributed by atoms with Gasteiger partial charge < -0.3 is 10.2 Å². The minimum Gasteiger partial charge on any atom is -0.382 e. The summed E-state index contributed by atoms with van der Waals surface area (Å²) in [4.78, 5) is 6.99. The third-order valence-corrected chi connectivity index (χ3v) is 8.78. The minimum atomic E-state index is 0.0124. The van der Waals surface area contributed by atoms with Crippen LogP contribution in [0.2, 0.25) is 0 Å². The van der Waals surface area contributed by atoms with Crippen LogP contribution in [0, 0.1) is 22.7 Å². The number of aromatic nitrogens is 1. The van der Waals surface area contributed by atoms with Crippen molar-refractivity contribution >= 4 is 78.2 Å². The van der Waals surface area contributed by atoms with Gasteiger partial charge in [-0.3, -0.25) is 0 Å². The Balaban J connectivity index is 1.23. The number of allylic oxidation sites excluding steroid dienone is 1. The number of nitriles is 2. The molecule has 0 spiro atoms. The third kappa shape index (κ3) is 6.95. The molecule has 1 N–H and O–H groups in total. The fourth-order valence-corrected chi connectivity index (χ4v) is 5.90. The van der Waals surface area contributed by atoms with Gasteiger partial charge in [0, 0.05) is 57.9 Å². The zero-order valence-electron chi connectivity index (χ0n) is 26.7. The van der Waals surface area contributed by atoms with Crippen LogP contribution in [0.15, 0.2) is 129 Å². The van der Waals surface area contributed by atoms with Crippen LogP contribution in [0.1, 0.15) is 25.1 Å². The van der Waals surface area contributed by atoms with E-state index in [1.807, 2.05) is 73.8 Å². The SMILES string of the molecule is CCC(C)Nc1ccc(N=Nc2ccc(N(C)c3ccc(N=Nc4ncc(C=C(C#N)C#N)s4)cc3)c3ccccc23)c2ccccc12. The van der Waals surface area contributed by atoms with Gasteiger partial charge in [-0.25, -0.2) is 4.98 Å². The lowest BCUT2D eigenvalue weighted by molar-refractivity contribution is 0.765. The number of benzene rings is 5. The maximum absolute atomic E-state index is 8.95. The van der Waals surface area contributed by atoms with Crippen molar-refractivity contribution < 1.29 is 0 Å². The van der Waals surface area contributed by atoms with Gasteiger partial charge in [0.05, 0.1) is 21.9 Å². The van der Waals surface area contributed by atoms with Crippen LogP contribution in [-0.4, -0.2) is 18.1 Å². The summed E-state index contributed by atoms with van der Waals surface area (Å²) in [6.45, 7) is 4.36. The molecule has 9 nitrogen and oxygen atoms in total. The number of rotatable bonds is 10. The predicted octanol–water partition coefficient (Wildman–Crippen LogP) is 11.7. The number of nitrogens with one attached hydrogen (secondary N) is 1. The highest BCUT2D eigenvalue weighted by Crippen LogP contribution is 2.39. The smallest absolute Gasteiger partial charge is 0.230 e. The Bertz CT molecular complexity index is 2250. The molecule has 0 amide bonds. The van der Waals surface area contributed by atoms with Crippen molar-refractivity contribution in [2.45, 2.75) is 26.3 Å². The summed E-state index contributed by atoms with van der Waals surface area (Å²) in [5.74, 6) is 0. The molecule has 0 saturated carbocycles. The van der Waals surface area contributed by atoms with Crippen LogP contribution in [0.3, 0.4) is 0 Å². The van der Waals surface area contributed by atoms with E-state index in [0.717, 1.165) is 56.4 Å². The summed E-state index contributed by atoms with van der Waals surface area (Å²) in [6, 6.07) is 36.5. The quantitative estimate of drug-likeness (QED) is 0.117. The topological polar surface area (TPSA) is 125 Å². The fraction of sp³-hybridized carbons (Fsp3) is 0.132. The standard InChI is InChI=1S/C38H31N9S/c1-4-25(2)42-34-17-18-35(31-10-6-5-9-30(31)34)44-45-36-19-20-37(33-12-8-7-11-32(33)36)47(3)28-15-13-27(14-16-28)43-46-38-41-24-29(48-38)21-26(22-39)23-40/h5-21,24-25,42H,4H2,1-3H3. The summed E-state index contributed by atoms with van der Waals surface area (Å²) >= 11 is 1.25. The lowest BCUT2D eigenvalue weighted by atomic mass is 10.1. The van der Waals surface area contributed by atoms with Gasteiger partial charge in [0.15, 0.2) is 0 Å². The second kappa shape index (κ2) is 14.5. The van der Waals surface area contributed by atoms with Gasteiger partial charge in [0.1, 0.15) is 17.7 Å². The van der Waals surface area contributed by atoms with Gasteiger partial charge >= 0.3 is 0 Å². The fourth-order valence-electron chi connectivity index (χ4n) is 5.22. The van der Waals surface area contributed by atoms with Gasteiger partial charge in [0.25, 0.3) is 0 Å². The molecular weight excluding hydrogens is 615 g/mol. The van der Waals surface area contributed by atoms with Crippen molar-refractivity contribution in [2.75, 3.05) is 17.3 Å². The molecule has 48 heavy (non-hydrogen) atoms. The molecule has 0 fully saturated rings. The lowest BCUT2D eigenvalue weighted by Crippen LogP contribution is -2.13. The Morgan fingerprint density at radius 2 is 1.44 bits per heavy atom. The van der Waals surface area contributed by atoms with Crippen LogP contribution >= 0.6 is 11.3 Å². The van der Waals surface area contributed by atoms with Crippen LogP contribution in [0.5, 0.6) is 0 Å². The van der Waals surface area contributed by atoms with E-state index in [1.54, 1.807) is 6.20 Å². The van der Waals surface area contributed by atoms with Gasteiger partial charge in [-0.1, -0.05) is 66.8 Å². The zero-order valence-corrected chi connectivity index (χ0v) is 27.5. The maximum atomic E-state index is 8.95. The van der Waals surface area contributed by atoms with Crippen LogP contribution < -0.4 is 10.2 Å². The van der Waals surface area contributed by atoms with Gasteiger partial charge in [-0.05, 0) is 68.0 Å². The summed E-state index contributed by atoms with van der Waals surface area (Å²) in [5, 5.41) is 44.2. The molecule has 0 bridgehead atoms. The largest absolute Gasteiger partial charge is 0.382 e. The summed E-state index contributed by atoms with van der Waals surface area (Å²) in [5.41, 5.74) is 5.41. The number of thiazole rings is 1.